The Balaban J connectivity index is 1.50. The van der Waals surface area contributed by atoms with E-state index in [0.29, 0.717) is 11.4 Å². The molecule has 0 bridgehead atoms. The Morgan fingerprint density at radius 3 is 2.18 bits per heavy atom. The topological polar surface area (TPSA) is 84.3 Å². The second kappa shape index (κ2) is 9.40. The van der Waals surface area contributed by atoms with Gasteiger partial charge in [-0.25, -0.2) is 13.1 Å². The number of rotatable bonds is 7. The molecule has 0 saturated carbocycles. The molecule has 1 aromatic heterocycles. The Bertz CT molecular complexity index is 1350. The first kappa shape index (κ1) is 22.4. The van der Waals surface area contributed by atoms with Gasteiger partial charge in [-0.05, 0) is 48.9 Å². The molecular formula is C25H24N4O3S. The highest BCUT2D eigenvalue weighted by Gasteiger charge is 2.21. The molecule has 0 aliphatic heterocycles. The van der Waals surface area contributed by atoms with Gasteiger partial charge in [-0.1, -0.05) is 48.5 Å². The Hall–Kier alpha value is -3.75. The quantitative estimate of drug-likeness (QED) is 0.447. The second-order valence-corrected chi connectivity index (χ2v) is 9.69. The molecule has 0 radical (unpaired) electrons. The van der Waals surface area contributed by atoms with Crippen LogP contribution in [-0.2, 0) is 16.6 Å². The molecule has 0 fully saturated rings. The number of benzene rings is 3. The molecule has 0 spiro atoms. The first-order valence-electron chi connectivity index (χ1n) is 10.4. The summed E-state index contributed by atoms with van der Waals surface area (Å²) in [6.45, 7) is 2.11. The van der Waals surface area contributed by atoms with E-state index in [9.17, 15) is 13.2 Å². The Labute approximate surface area is 193 Å². The summed E-state index contributed by atoms with van der Waals surface area (Å²) in [5.74, 6) is 0.177. The summed E-state index contributed by atoms with van der Waals surface area (Å²) in [4.78, 5) is 13.0. The average Bonchev–Trinajstić information content (AvgIpc) is 3.20. The smallest absolute Gasteiger partial charge is 0.256 e. The zero-order valence-corrected chi connectivity index (χ0v) is 19.2. The number of aryl methyl sites for hydroxylation is 1. The van der Waals surface area contributed by atoms with Crippen LogP contribution in [0.5, 0.6) is 0 Å². The maximum atomic E-state index is 12.9. The predicted molar refractivity (Wildman–Crippen MR) is 128 cm³/mol. The fourth-order valence-electron chi connectivity index (χ4n) is 3.43. The molecule has 4 aromatic rings. The molecule has 0 aliphatic rings. The first-order chi connectivity index (χ1) is 15.8. The minimum Gasteiger partial charge on any atom is -0.306 e. The van der Waals surface area contributed by atoms with Crippen LogP contribution in [0, 0.1) is 6.92 Å². The number of nitrogens with zero attached hydrogens (tertiary/aromatic N) is 3. The molecule has 0 saturated heterocycles. The normalized spacial score (nSPS) is 11.5. The molecule has 0 unspecified atom stereocenters. The van der Waals surface area contributed by atoms with E-state index in [0.717, 1.165) is 16.9 Å². The Morgan fingerprint density at radius 1 is 0.939 bits per heavy atom. The van der Waals surface area contributed by atoms with Gasteiger partial charge in [0.25, 0.3) is 5.91 Å². The molecule has 33 heavy (non-hydrogen) atoms. The molecule has 0 atom stereocenters. The van der Waals surface area contributed by atoms with Gasteiger partial charge in [-0.15, -0.1) is 0 Å². The number of para-hydroxylation sites is 1. The van der Waals surface area contributed by atoms with E-state index in [2.05, 4.69) is 10.4 Å². The van der Waals surface area contributed by atoms with Gasteiger partial charge in [0.2, 0.25) is 10.0 Å². The van der Waals surface area contributed by atoms with Gasteiger partial charge in [-0.2, -0.15) is 9.40 Å². The third-order valence-electron chi connectivity index (χ3n) is 5.15. The number of hydrogen-bond acceptors (Lipinski definition) is 4. The molecule has 1 N–H and O–H groups in total. The zero-order valence-electron chi connectivity index (χ0n) is 18.3. The van der Waals surface area contributed by atoms with Crippen LogP contribution in [0.15, 0.2) is 95.9 Å². The Kier molecular flexibility index (Phi) is 6.39. The van der Waals surface area contributed by atoms with E-state index < -0.39 is 10.0 Å². The third-order valence-corrected chi connectivity index (χ3v) is 6.96. The van der Waals surface area contributed by atoms with Crippen LogP contribution in [-0.4, -0.2) is 35.5 Å². The van der Waals surface area contributed by atoms with Crippen LogP contribution in [0.3, 0.4) is 0 Å². The SMILES string of the molecule is Cc1cc(NC(=O)c2ccc(S(=O)(=O)N(C)Cc3ccccc3)cc2)n(-c2ccccc2)n1. The largest absolute Gasteiger partial charge is 0.306 e. The van der Waals surface area contributed by atoms with Gasteiger partial charge >= 0.3 is 0 Å². The van der Waals surface area contributed by atoms with E-state index in [1.807, 2.05) is 67.6 Å². The molecule has 1 heterocycles. The molecule has 3 aromatic carbocycles. The summed E-state index contributed by atoms with van der Waals surface area (Å²) < 4.78 is 28.8. The van der Waals surface area contributed by atoms with Crippen LogP contribution >= 0.6 is 0 Å². The standard InChI is InChI=1S/C25H24N4O3S/c1-19-17-24(29(27-19)22-11-7-4-8-12-22)26-25(30)21-13-15-23(16-14-21)33(31,32)28(2)18-20-9-5-3-6-10-20/h3-17H,18H2,1-2H3,(H,26,30). The summed E-state index contributed by atoms with van der Waals surface area (Å²) in [7, 11) is -2.15. The van der Waals surface area contributed by atoms with Crippen LogP contribution < -0.4 is 5.32 Å². The number of amides is 1. The number of sulfonamides is 1. The van der Waals surface area contributed by atoms with Gasteiger partial charge < -0.3 is 5.32 Å². The number of carbonyl (C=O) groups is 1. The molecule has 0 aliphatic carbocycles. The van der Waals surface area contributed by atoms with Gasteiger partial charge in [0.05, 0.1) is 16.3 Å². The fourth-order valence-corrected chi connectivity index (χ4v) is 4.59. The van der Waals surface area contributed by atoms with Crippen LogP contribution in [0.4, 0.5) is 5.82 Å². The lowest BCUT2D eigenvalue weighted by atomic mass is 10.2. The summed E-state index contributed by atoms with van der Waals surface area (Å²) in [6, 6.07) is 26.6. The molecule has 7 nitrogen and oxygen atoms in total. The second-order valence-electron chi connectivity index (χ2n) is 7.64. The van der Waals surface area contributed by atoms with E-state index in [1.165, 1.54) is 35.6 Å². The lowest BCUT2D eigenvalue weighted by Crippen LogP contribution is -2.26. The van der Waals surface area contributed by atoms with Crippen molar-refractivity contribution >= 4 is 21.7 Å². The lowest BCUT2D eigenvalue weighted by molar-refractivity contribution is 0.102. The summed E-state index contributed by atoms with van der Waals surface area (Å²) in [5.41, 5.74) is 2.82. The van der Waals surface area contributed by atoms with Crippen molar-refractivity contribution in [2.24, 2.45) is 0 Å². The minimum atomic E-state index is -3.69. The van der Waals surface area contributed by atoms with E-state index in [4.69, 9.17) is 0 Å². The molecule has 4 rings (SSSR count). The number of anilines is 1. The van der Waals surface area contributed by atoms with Crippen molar-refractivity contribution in [1.29, 1.82) is 0 Å². The highest BCUT2D eigenvalue weighted by Crippen LogP contribution is 2.20. The van der Waals surface area contributed by atoms with E-state index in [-0.39, 0.29) is 17.3 Å². The summed E-state index contributed by atoms with van der Waals surface area (Å²) in [6.07, 6.45) is 0. The predicted octanol–water partition coefficient (Wildman–Crippen LogP) is 4.25. The van der Waals surface area contributed by atoms with Crippen LogP contribution in [0.1, 0.15) is 21.6 Å². The average molecular weight is 461 g/mol. The van der Waals surface area contributed by atoms with Crippen molar-refractivity contribution in [1.82, 2.24) is 14.1 Å². The monoisotopic (exact) mass is 460 g/mol. The van der Waals surface area contributed by atoms with Gasteiger partial charge in [-0.3, -0.25) is 4.79 Å². The van der Waals surface area contributed by atoms with Crippen molar-refractivity contribution in [3.05, 3.63) is 108 Å². The van der Waals surface area contributed by atoms with Crippen molar-refractivity contribution in [2.75, 3.05) is 12.4 Å². The molecule has 168 valence electrons. The zero-order chi connectivity index (χ0) is 23.4. The minimum absolute atomic E-state index is 0.127. The van der Waals surface area contributed by atoms with Crippen LogP contribution in [0.2, 0.25) is 0 Å². The van der Waals surface area contributed by atoms with E-state index in [1.54, 1.807) is 10.7 Å². The third kappa shape index (κ3) is 5.02. The molecule has 8 heteroatoms. The molecular weight excluding hydrogens is 436 g/mol. The number of aromatic nitrogens is 2. The van der Waals surface area contributed by atoms with E-state index >= 15 is 0 Å². The fraction of sp³-hybridized carbons (Fsp3) is 0.120. The highest BCUT2D eigenvalue weighted by molar-refractivity contribution is 7.89. The molecule has 1 amide bonds. The van der Waals surface area contributed by atoms with Gasteiger partial charge in [0, 0.05) is 25.2 Å². The van der Waals surface area contributed by atoms with Crippen molar-refractivity contribution < 1.29 is 13.2 Å². The van der Waals surface area contributed by atoms with Crippen molar-refractivity contribution in [3.63, 3.8) is 0 Å². The number of carbonyl (C=O) groups excluding carboxylic acids is 1. The maximum Gasteiger partial charge on any atom is 0.256 e. The maximum absolute atomic E-state index is 12.9. The number of nitrogens with one attached hydrogen (secondary N) is 1. The van der Waals surface area contributed by atoms with Gasteiger partial charge in [0.1, 0.15) is 5.82 Å². The number of hydrogen-bond donors (Lipinski definition) is 1. The lowest BCUT2D eigenvalue weighted by Gasteiger charge is -2.17. The summed E-state index contributed by atoms with van der Waals surface area (Å²) >= 11 is 0. The van der Waals surface area contributed by atoms with Gasteiger partial charge in [0.15, 0.2) is 0 Å². The Morgan fingerprint density at radius 2 is 1.55 bits per heavy atom. The van der Waals surface area contributed by atoms with Crippen LogP contribution in [0.25, 0.3) is 5.69 Å². The highest BCUT2D eigenvalue weighted by atomic mass is 32.2. The first-order valence-corrected chi connectivity index (χ1v) is 11.8. The van der Waals surface area contributed by atoms with Crippen molar-refractivity contribution in [3.8, 4) is 5.69 Å². The van der Waals surface area contributed by atoms with Crippen molar-refractivity contribution in [2.45, 2.75) is 18.4 Å². The summed E-state index contributed by atoms with van der Waals surface area (Å²) in [5, 5.41) is 7.31.